The molecule has 2 aromatic rings. The summed E-state index contributed by atoms with van der Waals surface area (Å²) in [5, 5.41) is 9.42. The summed E-state index contributed by atoms with van der Waals surface area (Å²) < 4.78 is 0. The van der Waals surface area contributed by atoms with Crippen molar-refractivity contribution in [2.45, 2.75) is 6.54 Å². The second kappa shape index (κ2) is 6.90. The van der Waals surface area contributed by atoms with Crippen LogP contribution in [0.1, 0.15) is 11.1 Å². The Kier molecular flexibility index (Phi) is 4.95. The minimum atomic E-state index is -0.984. The number of anilines is 1. The molecular formula is C16H15ClN2O2. The topological polar surface area (TPSA) is 53.4 Å². The van der Waals surface area contributed by atoms with Crippen LogP contribution in [-0.2, 0) is 11.3 Å². The third-order valence-electron chi connectivity index (χ3n) is 2.89. The smallest absolute Gasteiger partial charge is 0.328 e. The monoisotopic (exact) mass is 302 g/mol. The molecule has 1 heterocycles. The van der Waals surface area contributed by atoms with Gasteiger partial charge < -0.3 is 10.0 Å². The first-order valence-corrected chi connectivity index (χ1v) is 6.75. The van der Waals surface area contributed by atoms with Gasteiger partial charge in [0.05, 0.1) is 0 Å². The Labute approximate surface area is 128 Å². The summed E-state index contributed by atoms with van der Waals surface area (Å²) in [6.45, 7) is 0.630. The number of benzene rings is 1. The predicted octanol–water partition coefficient (Wildman–Crippen LogP) is 3.47. The number of aromatic nitrogens is 1. The molecule has 108 valence electrons. The van der Waals surface area contributed by atoms with E-state index in [0.717, 1.165) is 23.0 Å². The summed E-state index contributed by atoms with van der Waals surface area (Å²) in [7, 11) is 1.90. The number of hydrogen-bond donors (Lipinski definition) is 1. The fourth-order valence-corrected chi connectivity index (χ4v) is 2.22. The Bertz CT molecular complexity index is 671. The van der Waals surface area contributed by atoms with Crippen molar-refractivity contribution in [2.24, 2.45) is 0 Å². The molecule has 0 aliphatic rings. The lowest BCUT2D eigenvalue weighted by Gasteiger charge is -2.20. The quantitative estimate of drug-likeness (QED) is 0.859. The first kappa shape index (κ1) is 15.1. The van der Waals surface area contributed by atoms with Gasteiger partial charge in [0.1, 0.15) is 5.82 Å². The molecule has 0 aliphatic carbocycles. The normalized spacial score (nSPS) is 10.8. The zero-order valence-electron chi connectivity index (χ0n) is 11.5. The van der Waals surface area contributed by atoms with Crippen LogP contribution in [0.4, 0.5) is 5.82 Å². The second-order valence-electron chi connectivity index (χ2n) is 4.57. The van der Waals surface area contributed by atoms with Crippen molar-refractivity contribution >= 4 is 29.5 Å². The minimum Gasteiger partial charge on any atom is -0.478 e. The number of aliphatic carboxylic acids is 1. The summed E-state index contributed by atoms with van der Waals surface area (Å²) >= 11 is 5.98. The number of pyridine rings is 1. The highest BCUT2D eigenvalue weighted by molar-refractivity contribution is 6.30. The van der Waals surface area contributed by atoms with E-state index in [4.69, 9.17) is 16.7 Å². The molecule has 0 unspecified atom stereocenters. The van der Waals surface area contributed by atoms with Crippen LogP contribution in [0.3, 0.4) is 0 Å². The SMILES string of the molecule is CN(Cc1cccc(Cl)c1)c1ncccc1/C=C/C(=O)O. The minimum absolute atomic E-state index is 0.630. The molecule has 0 saturated carbocycles. The van der Waals surface area contributed by atoms with E-state index in [1.54, 1.807) is 18.3 Å². The molecule has 5 heteroatoms. The van der Waals surface area contributed by atoms with E-state index in [9.17, 15) is 4.79 Å². The molecule has 2 rings (SSSR count). The molecule has 1 aromatic carbocycles. The van der Waals surface area contributed by atoms with Crippen molar-refractivity contribution in [1.82, 2.24) is 4.98 Å². The molecular weight excluding hydrogens is 288 g/mol. The van der Waals surface area contributed by atoms with Gasteiger partial charge in [-0.3, -0.25) is 0 Å². The highest BCUT2D eigenvalue weighted by Crippen LogP contribution is 2.20. The Balaban J connectivity index is 2.23. The Morgan fingerprint density at radius 1 is 1.38 bits per heavy atom. The van der Waals surface area contributed by atoms with Crippen LogP contribution < -0.4 is 4.90 Å². The molecule has 1 aromatic heterocycles. The van der Waals surface area contributed by atoms with Crippen molar-refractivity contribution in [3.8, 4) is 0 Å². The number of carboxylic acid groups (broad SMARTS) is 1. The lowest BCUT2D eigenvalue weighted by molar-refractivity contribution is -0.131. The van der Waals surface area contributed by atoms with Gasteiger partial charge in [-0.2, -0.15) is 0 Å². The summed E-state index contributed by atoms with van der Waals surface area (Å²) in [6.07, 6.45) is 4.33. The first-order chi connectivity index (χ1) is 10.1. The van der Waals surface area contributed by atoms with Crippen LogP contribution in [0.25, 0.3) is 6.08 Å². The van der Waals surface area contributed by atoms with Gasteiger partial charge in [0.15, 0.2) is 0 Å². The van der Waals surface area contributed by atoms with Crippen molar-refractivity contribution in [2.75, 3.05) is 11.9 Å². The summed E-state index contributed by atoms with van der Waals surface area (Å²) in [5.74, 6) is -0.266. The van der Waals surface area contributed by atoms with Gasteiger partial charge in [0, 0.05) is 36.5 Å². The maximum atomic E-state index is 10.6. The van der Waals surface area contributed by atoms with E-state index >= 15 is 0 Å². The van der Waals surface area contributed by atoms with Gasteiger partial charge in [-0.15, -0.1) is 0 Å². The number of carbonyl (C=O) groups is 1. The maximum absolute atomic E-state index is 10.6. The number of halogens is 1. The van der Waals surface area contributed by atoms with E-state index < -0.39 is 5.97 Å². The molecule has 0 radical (unpaired) electrons. The predicted molar refractivity (Wildman–Crippen MR) is 84.5 cm³/mol. The summed E-state index contributed by atoms with van der Waals surface area (Å²) in [5.41, 5.74) is 1.81. The molecule has 0 amide bonds. The van der Waals surface area contributed by atoms with Crippen molar-refractivity contribution < 1.29 is 9.90 Å². The second-order valence-corrected chi connectivity index (χ2v) is 5.01. The van der Waals surface area contributed by atoms with Gasteiger partial charge >= 0.3 is 5.97 Å². The number of hydrogen-bond acceptors (Lipinski definition) is 3. The third kappa shape index (κ3) is 4.33. The molecule has 1 N–H and O–H groups in total. The highest BCUT2D eigenvalue weighted by atomic mass is 35.5. The lowest BCUT2D eigenvalue weighted by Crippen LogP contribution is -2.18. The Morgan fingerprint density at radius 2 is 2.19 bits per heavy atom. The Hall–Kier alpha value is -2.33. The van der Waals surface area contributed by atoms with Crippen LogP contribution in [-0.4, -0.2) is 23.1 Å². The van der Waals surface area contributed by atoms with E-state index in [1.807, 2.05) is 42.3 Å². The van der Waals surface area contributed by atoms with E-state index in [0.29, 0.717) is 11.6 Å². The van der Waals surface area contributed by atoms with Crippen molar-refractivity contribution in [1.29, 1.82) is 0 Å². The Morgan fingerprint density at radius 3 is 2.90 bits per heavy atom. The van der Waals surface area contributed by atoms with Gasteiger partial charge in [0.25, 0.3) is 0 Å². The molecule has 0 fully saturated rings. The molecule has 0 spiro atoms. The fourth-order valence-electron chi connectivity index (χ4n) is 2.00. The number of carboxylic acids is 1. The highest BCUT2D eigenvalue weighted by Gasteiger charge is 2.08. The van der Waals surface area contributed by atoms with Crippen molar-refractivity contribution in [3.05, 3.63) is 64.8 Å². The number of nitrogens with zero attached hydrogens (tertiary/aromatic N) is 2. The van der Waals surface area contributed by atoms with Crippen LogP contribution in [0.5, 0.6) is 0 Å². The van der Waals surface area contributed by atoms with E-state index in [1.165, 1.54) is 0 Å². The summed E-state index contributed by atoms with van der Waals surface area (Å²) in [4.78, 5) is 16.9. The van der Waals surface area contributed by atoms with Crippen LogP contribution in [0.15, 0.2) is 48.7 Å². The average Bonchev–Trinajstić information content (AvgIpc) is 2.45. The van der Waals surface area contributed by atoms with Gasteiger partial charge in [-0.25, -0.2) is 9.78 Å². The van der Waals surface area contributed by atoms with Crippen molar-refractivity contribution in [3.63, 3.8) is 0 Å². The molecule has 4 nitrogen and oxygen atoms in total. The fraction of sp³-hybridized carbons (Fsp3) is 0.125. The zero-order valence-corrected chi connectivity index (χ0v) is 12.3. The third-order valence-corrected chi connectivity index (χ3v) is 3.13. The maximum Gasteiger partial charge on any atom is 0.328 e. The van der Waals surface area contributed by atoms with Crippen LogP contribution in [0.2, 0.25) is 5.02 Å². The molecule has 0 atom stereocenters. The van der Waals surface area contributed by atoms with Crippen LogP contribution >= 0.6 is 11.6 Å². The molecule has 0 bridgehead atoms. The summed E-state index contributed by atoms with van der Waals surface area (Å²) in [6, 6.07) is 11.2. The zero-order chi connectivity index (χ0) is 15.2. The van der Waals surface area contributed by atoms with Gasteiger partial charge in [0.2, 0.25) is 0 Å². The van der Waals surface area contributed by atoms with Gasteiger partial charge in [-0.05, 0) is 35.9 Å². The van der Waals surface area contributed by atoms with E-state index in [-0.39, 0.29) is 0 Å². The first-order valence-electron chi connectivity index (χ1n) is 6.38. The molecule has 0 saturated heterocycles. The van der Waals surface area contributed by atoms with Gasteiger partial charge in [-0.1, -0.05) is 23.7 Å². The van der Waals surface area contributed by atoms with Crippen LogP contribution in [0, 0.1) is 0 Å². The molecule has 21 heavy (non-hydrogen) atoms. The average molecular weight is 303 g/mol. The van der Waals surface area contributed by atoms with E-state index in [2.05, 4.69) is 4.98 Å². The number of rotatable bonds is 5. The standard InChI is InChI=1S/C16H15ClN2O2/c1-19(11-12-4-2-6-14(17)10-12)16-13(5-3-9-18-16)7-8-15(20)21/h2-10H,11H2,1H3,(H,20,21)/b8-7+. The largest absolute Gasteiger partial charge is 0.478 e. The molecule has 0 aliphatic heterocycles. The lowest BCUT2D eigenvalue weighted by atomic mass is 10.2.